The molecule has 0 saturated heterocycles. The number of aromatic nitrogens is 3. The zero-order valence-electron chi connectivity index (χ0n) is 9.83. The molecular weight excluding hydrogens is 224 g/mol. The molecule has 0 amide bonds. The van der Waals surface area contributed by atoms with Gasteiger partial charge in [0.25, 0.3) is 0 Å². The van der Waals surface area contributed by atoms with E-state index in [9.17, 15) is 0 Å². The van der Waals surface area contributed by atoms with E-state index in [1.807, 2.05) is 37.3 Å². The van der Waals surface area contributed by atoms with Gasteiger partial charge < -0.3 is 0 Å². The van der Waals surface area contributed by atoms with E-state index in [1.165, 1.54) is 0 Å². The van der Waals surface area contributed by atoms with Crippen LogP contribution in [0, 0.1) is 18.3 Å². The van der Waals surface area contributed by atoms with Gasteiger partial charge in [0.2, 0.25) is 0 Å². The number of rotatable bonds is 1. The molecule has 0 atom stereocenters. The summed E-state index contributed by atoms with van der Waals surface area (Å²) >= 11 is 0. The fraction of sp³-hybridized carbons (Fsp3) is 0.0714. The molecule has 1 aromatic carbocycles. The van der Waals surface area contributed by atoms with Gasteiger partial charge in [0.1, 0.15) is 6.07 Å². The number of hydrogen-bond acceptors (Lipinski definition) is 3. The number of nitriles is 1. The fourth-order valence-electron chi connectivity index (χ4n) is 2.03. The van der Waals surface area contributed by atoms with Crippen molar-refractivity contribution < 1.29 is 0 Å². The Hall–Kier alpha value is -2.67. The van der Waals surface area contributed by atoms with Gasteiger partial charge >= 0.3 is 0 Å². The molecule has 0 saturated carbocycles. The summed E-state index contributed by atoms with van der Waals surface area (Å²) in [5.74, 6) is 0. The lowest BCUT2D eigenvalue weighted by molar-refractivity contribution is 0.846. The molecule has 2 aromatic heterocycles. The van der Waals surface area contributed by atoms with Gasteiger partial charge in [-0.05, 0) is 25.1 Å². The van der Waals surface area contributed by atoms with Crippen LogP contribution in [0.3, 0.4) is 0 Å². The van der Waals surface area contributed by atoms with E-state index in [1.54, 1.807) is 16.9 Å². The summed E-state index contributed by atoms with van der Waals surface area (Å²) in [4.78, 5) is 4.39. The molecule has 18 heavy (non-hydrogen) atoms. The number of aryl methyl sites for hydroxylation is 1. The normalized spacial score (nSPS) is 10.4. The number of nitrogens with zero attached hydrogens (tertiary/aromatic N) is 4. The monoisotopic (exact) mass is 234 g/mol. The van der Waals surface area contributed by atoms with Crippen molar-refractivity contribution in [3.05, 3.63) is 54.0 Å². The third-order valence-electron chi connectivity index (χ3n) is 2.84. The van der Waals surface area contributed by atoms with Crippen LogP contribution in [0.1, 0.15) is 11.4 Å². The molecule has 0 fully saturated rings. The highest BCUT2D eigenvalue weighted by Crippen LogP contribution is 2.21. The molecule has 4 heteroatoms. The predicted octanol–water partition coefficient (Wildman–Crippen LogP) is 2.60. The third kappa shape index (κ3) is 1.54. The topological polar surface area (TPSA) is 54.5 Å². The van der Waals surface area contributed by atoms with Gasteiger partial charge in [-0.1, -0.05) is 18.2 Å². The van der Waals surface area contributed by atoms with Crippen molar-refractivity contribution in [3.8, 4) is 11.8 Å². The van der Waals surface area contributed by atoms with Crippen molar-refractivity contribution in [2.24, 2.45) is 0 Å². The molecule has 4 nitrogen and oxygen atoms in total. The molecule has 0 N–H and O–H groups in total. The molecular formula is C14H10N4. The minimum absolute atomic E-state index is 0.417. The van der Waals surface area contributed by atoms with E-state index >= 15 is 0 Å². The van der Waals surface area contributed by atoms with Crippen molar-refractivity contribution in [1.29, 1.82) is 5.26 Å². The maximum Gasteiger partial charge on any atom is 0.163 e. The van der Waals surface area contributed by atoms with Gasteiger partial charge in [0.05, 0.1) is 11.2 Å². The number of benzene rings is 1. The van der Waals surface area contributed by atoms with Crippen LogP contribution in [0.2, 0.25) is 0 Å². The van der Waals surface area contributed by atoms with E-state index in [2.05, 4.69) is 16.2 Å². The Morgan fingerprint density at radius 1 is 1.22 bits per heavy atom. The van der Waals surface area contributed by atoms with Crippen LogP contribution in [0.4, 0.5) is 0 Å². The maximum absolute atomic E-state index is 8.89. The second-order valence-electron chi connectivity index (χ2n) is 4.05. The Labute approximate surface area is 104 Å². The van der Waals surface area contributed by atoms with Gasteiger partial charge in [0.15, 0.2) is 5.69 Å². The minimum atomic E-state index is 0.417. The van der Waals surface area contributed by atoms with Gasteiger partial charge in [-0.2, -0.15) is 10.4 Å². The standard InChI is InChI=1S/C14H10N4/c1-10-8-12(9-15)17-18(10)13-6-2-4-11-5-3-7-16-14(11)13/h2-8H,1H3. The molecule has 3 aromatic rings. The van der Waals surface area contributed by atoms with E-state index in [0.29, 0.717) is 5.69 Å². The van der Waals surface area contributed by atoms with Crippen molar-refractivity contribution in [3.63, 3.8) is 0 Å². The number of pyridine rings is 1. The highest BCUT2D eigenvalue weighted by Gasteiger charge is 2.09. The van der Waals surface area contributed by atoms with E-state index in [0.717, 1.165) is 22.3 Å². The van der Waals surface area contributed by atoms with Crippen LogP contribution < -0.4 is 0 Å². The molecule has 86 valence electrons. The molecule has 2 heterocycles. The van der Waals surface area contributed by atoms with Gasteiger partial charge in [-0.3, -0.25) is 4.98 Å². The van der Waals surface area contributed by atoms with Gasteiger partial charge in [-0.25, -0.2) is 4.68 Å². The van der Waals surface area contributed by atoms with Crippen molar-refractivity contribution in [1.82, 2.24) is 14.8 Å². The van der Waals surface area contributed by atoms with Crippen LogP contribution in [0.25, 0.3) is 16.6 Å². The first kappa shape index (κ1) is 10.5. The summed E-state index contributed by atoms with van der Waals surface area (Å²) in [5.41, 5.74) is 3.12. The first-order valence-corrected chi connectivity index (χ1v) is 5.60. The average molecular weight is 234 g/mol. The second kappa shape index (κ2) is 3.97. The van der Waals surface area contributed by atoms with Crippen LogP contribution >= 0.6 is 0 Å². The highest BCUT2D eigenvalue weighted by atomic mass is 15.3. The first-order chi connectivity index (χ1) is 8.79. The lowest BCUT2D eigenvalue weighted by Gasteiger charge is -2.07. The zero-order chi connectivity index (χ0) is 12.5. The Morgan fingerprint density at radius 2 is 2.06 bits per heavy atom. The van der Waals surface area contributed by atoms with E-state index < -0.39 is 0 Å². The van der Waals surface area contributed by atoms with Crippen LogP contribution in [0.5, 0.6) is 0 Å². The molecule has 0 aliphatic heterocycles. The van der Waals surface area contributed by atoms with Crippen molar-refractivity contribution in [2.45, 2.75) is 6.92 Å². The summed E-state index contributed by atoms with van der Waals surface area (Å²) < 4.78 is 1.76. The van der Waals surface area contributed by atoms with Crippen molar-refractivity contribution in [2.75, 3.05) is 0 Å². The van der Waals surface area contributed by atoms with Gasteiger partial charge in [0, 0.05) is 17.3 Å². The Kier molecular flexibility index (Phi) is 2.31. The van der Waals surface area contributed by atoms with Crippen LogP contribution in [-0.2, 0) is 0 Å². The average Bonchev–Trinajstić information content (AvgIpc) is 2.79. The van der Waals surface area contributed by atoms with Crippen LogP contribution in [-0.4, -0.2) is 14.8 Å². The first-order valence-electron chi connectivity index (χ1n) is 5.60. The summed E-state index contributed by atoms with van der Waals surface area (Å²) in [7, 11) is 0. The molecule has 0 bridgehead atoms. The van der Waals surface area contributed by atoms with Crippen LogP contribution in [0.15, 0.2) is 42.6 Å². The fourth-order valence-corrected chi connectivity index (χ4v) is 2.03. The molecule has 3 rings (SSSR count). The maximum atomic E-state index is 8.89. The summed E-state index contributed by atoms with van der Waals surface area (Å²) in [6.07, 6.45) is 1.76. The summed E-state index contributed by atoms with van der Waals surface area (Å²) in [5, 5.41) is 14.2. The van der Waals surface area contributed by atoms with Crippen molar-refractivity contribution >= 4 is 10.9 Å². The summed E-state index contributed by atoms with van der Waals surface area (Å²) in [6.45, 7) is 1.93. The smallest absolute Gasteiger partial charge is 0.163 e. The molecule has 0 radical (unpaired) electrons. The zero-order valence-corrected chi connectivity index (χ0v) is 9.83. The lowest BCUT2D eigenvalue weighted by atomic mass is 10.2. The Morgan fingerprint density at radius 3 is 2.83 bits per heavy atom. The molecule has 0 aliphatic carbocycles. The Balaban J connectivity index is 2.32. The molecule has 0 aliphatic rings. The molecule has 0 unspecified atom stereocenters. The number of hydrogen-bond donors (Lipinski definition) is 0. The van der Waals surface area contributed by atoms with Gasteiger partial charge in [-0.15, -0.1) is 0 Å². The predicted molar refractivity (Wildman–Crippen MR) is 68.3 cm³/mol. The second-order valence-corrected chi connectivity index (χ2v) is 4.05. The SMILES string of the molecule is Cc1cc(C#N)nn1-c1cccc2cccnc12. The van der Waals surface area contributed by atoms with E-state index in [-0.39, 0.29) is 0 Å². The third-order valence-corrected chi connectivity index (χ3v) is 2.84. The number of fused-ring (bicyclic) bond motifs is 1. The molecule has 0 spiro atoms. The Bertz CT molecular complexity index is 760. The number of para-hydroxylation sites is 1. The van der Waals surface area contributed by atoms with E-state index in [4.69, 9.17) is 5.26 Å². The summed E-state index contributed by atoms with van der Waals surface area (Å²) in [6, 6.07) is 13.7. The highest BCUT2D eigenvalue weighted by molar-refractivity contribution is 5.86. The lowest BCUT2D eigenvalue weighted by Crippen LogP contribution is -2.00. The quantitative estimate of drug-likeness (QED) is 0.650. The minimum Gasteiger partial charge on any atom is -0.254 e. The largest absolute Gasteiger partial charge is 0.254 e.